The van der Waals surface area contributed by atoms with E-state index in [4.69, 9.17) is 0 Å². The van der Waals surface area contributed by atoms with Crippen LogP contribution in [-0.2, 0) is 5.41 Å². The summed E-state index contributed by atoms with van der Waals surface area (Å²) >= 11 is 0. The number of hydrogen-bond acceptors (Lipinski definition) is 1. The standard InChI is InChI=1S/C16H20N2/c1-11-10-16(3,4)13-6-5-7-14(15(11)13)18-9-8-12(2)17-18/h5-9,11H,10H2,1-4H3/t11-/m1/s1. The Bertz CT molecular complexity index is 593. The average molecular weight is 240 g/mol. The van der Waals surface area contributed by atoms with E-state index in [0.717, 1.165) is 5.69 Å². The maximum Gasteiger partial charge on any atom is 0.0683 e. The first-order valence-corrected chi connectivity index (χ1v) is 6.65. The normalized spacial score (nSPS) is 21.0. The van der Waals surface area contributed by atoms with Crippen molar-refractivity contribution in [1.82, 2.24) is 9.78 Å². The molecule has 3 rings (SSSR count). The first kappa shape index (κ1) is 11.5. The van der Waals surface area contributed by atoms with Gasteiger partial charge in [-0.1, -0.05) is 32.9 Å². The van der Waals surface area contributed by atoms with Crippen molar-refractivity contribution >= 4 is 0 Å². The summed E-state index contributed by atoms with van der Waals surface area (Å²) in [6, 6.07) is 8.68. The molecule has 0 radical (unpaired) electrons. The van der Waals surface area contributed by atoms with Gasteiger partial charge in [0.2, 0.25) is 0 Å². The smallest absolute Gasteiger partial charge is 0.0683 e. The van der Waals surface area contributed by atoms with Crippen molar-refractivity contribution < 1.29 is 0 Å². The van der Waals surface area contributed by atoms with E-state index in [1.165, 1.54) is 23.2 Å². The third kappa shape index (κ3) is 1.59. The van der Waals surface area contributed by atoms with Crippen LogP contribution >= 0.6 is 0 Å². The molecule has 0 fully saturated rings. The second kappa shape index (κ2) is 3.71. The fourth-order valence-electron chi connectivity index (χ4n) is 3.39. The van der Waals surface area contributed by atoms with Crippen molar-refractivity contribution in [3.05, 3.63) is 47.3 Å². The Morgan fingerprint density at radius 1 is 1.28 bits per heavy atom. The maximum absolute atomic E-state index is 4.56. The van der Waals surface area contributed by atoms with Gasteiger partial charge in [-0.05, 0) is 47.9 Å². The van der Waals surface area contributed by atoms with Crippen molar-refractivity contribution in [2.24, 2.45) is 0 Å². The molecule has 0 saturated heterocycles. The topological polar surface area (TPSA) is 17.8 Å². The molecule has 2 heteroatoms. The van der Waals surface area contributed by atoms with Gasteiger partial charge < -0.3 is 0 Å². The van der Waals surface area contributed by atoms with Crippen LogP contribution < -0.4 is 0 Å². The SMILES string of the molecule is Cc1ccn(-c2cccc3c2[C@H](C)CC3(C)C)n1. The van der Waals surface area contributed by atoms with Crippen LogP contribution in [0, 0.1) is 6.92 Å². The van der Waals surface area contributed by atoms with Crippen LogP contribution in [0.25, 0.3) is 5.69 Å². The number of rotatable bonds is 1. The third-order valence-electron chi connectivity index (χ3n) is 4.09. The van der Waals surface area contributed by atoms with E-state index in [1.807, 2.05) is 11.6 Å². The first-order valence-electron chi connectivity index (χ1n) is 6.65. The molecule has 1 aromatic heterocycles. The molecule has 0 N–H and O–H groups in total. The Morgan fingerprint density at radius 3 is 2.72 bits per heavy atom. The Morgan fingerprint density at radius 2 is 2.06 bits per heavy atom. The average Bonchev–Trinajstić information content (AvgIpc) is 2.82. The van der Waals surface area contributed by atoms with Crippen molar-refractivity contribution in [1.29, 1.82) is 0 Å². The van der Waals surface area contributed by atoms with Gasteiger partial charge in [-0.25, -0.2) is 4.68 Å². The third-order valence-corrected chi connectivity index (χ3v) is 4.09. The highest BCUT2D eigenvalue weighted by Crippen LogP contribution is 2.47. The van der Waals surface area contributed by atoms with Gasteiger partial charge >= 0.3 is 0 Å². The lowest BCUT2D eigenvalue weighted by atomic mass is 9.86. The van der Waals surface area contributed by atoms with Crippen LogP contribution in [0.15, 0.2) is 30.5 Å². The van der Waals surface area contributed by atoms with E-state index in [9.17, 15) is 0 Å². The highest BCUT2D eigenvalue weighted by Gasteiger charge is 2.36. The molecule has 0 aliphatic heterocycles. The molecular weight excluding hydrogens is 220 g/mol. The molecular formula is C16H20N2. The Kier molecular flexibility index (Phi) is 2.37. The minimum Gasteiger partial charge on any atom is -0.240 e. The molecule has 0 unspecified atom stereocenters. The van der Waals surface area contributed by atoms with E-state index >= 15 is 0 Å². The number of aryl methyl sites for hydroxylation is 1. The van der Waals surface area contributed by atoms with E-state index in [0.29, 0.717) is 5.92 Å². The van der Waals surface area contributed by atoms with Gasteiger partial charge in [-0.15, -0.1) is 0 Å². The second-order valence-corrected chi connectivity index (χ2v) is 6.13. The highest BCUT2D eigenvalue weighted by molar-refractivity contribution is 5.53. The van der Waals surface area contributed by atoms with Crippen molar-refractivity contribution in [3.63, 3.8) is 0 Å². The van der Waals surface area contributed by atoms with Gasteiger partial charge in [0.1, 0.15) is 0 Å². The lowest BCUT2D eigenvalue weighted by molar-refractivity contribution is 0.489. The van der Waals surface area contributed by atoms with Gasteiger partial charge in [0.25, 0.3) is 0 Å². The molecule has 0 saturated carbocycles. The van der Waals surface area contributed by atoms with Crippen molar-refractivity contribution in [3.8, 4) is 5.69 Å². The van der Waals surface area contributed by atoms with Crippen LogP contribution in [0.3, 0.4) is 0 Å². The van der Waals surface area contributed by atoms with Crippen LogP contribution in [0.4, 0.5) is 0 Å². The fraction of sp³-hybridized carbons (Fsp3) is 0.438. The molecule has 1 atom stereocenters. The summed E-state index contributed by atoms with van der Waals surface area (Å²) in [7, 11) is 0. The predicted octanol–water partition coefficient (Wildman–Crippen LogP) is 3.97. The van der Waals surface area contributed by atoms with Gasteiger partial charge in [-0.2, -0.15) is 5.10 Å². The zero-order chi connectivity index (χ0) is 12.9. The molecule has 1 aromatic carbocycles. The Labute approximate surface area is 109 Å². The van der Waals surface area contributed by atoms with Crippen molar-refractivity contribution in [2.45, 2.75) is 45.4 Å². The number of aromatic nitrogens is 2. The summed E-state index contributed by atoms with van der Waals surface area (Å²) in [5.74, 6) is 0.607. The van der Waals surface area contributed by atoms with Crippen LogP contribution in [-0.4, -0.2) is 9.78 Å². The number of nitrogens with zero attached hydrogens (tertiary/aromatic N) is 2. The van der Waals surface area contributed by atoms with Gasteiger partial charge in [0.15, 0.2) is 0 Å². The molecule has 1 aliphatic carbocycles. The minimum atomic E-state index is 0.285. The molecule has 0 bridgehead atoms. The van der Waals surface area contributed by atoms with Gasteiger partial charge in [0, 0.05) is 6.20 Å². The quantitative estimate of drug-likeness (QED) is 0.737. The lowest BCUT2D eigenvalue weighted by Gasteiger charge is -2.19. The van der Waals surface area contributed by atoms with E-state index < -0.39 is 0 Å². The lowest BCUT2D eigenvalue weighted by Crippen LogP contribution is -2.12. The fourth-order valence-corrected chi connectivity index (χ4v) is 3.39. The zero-order valence-electron chi connectivity index (χ0n) is 11.6. The summed E-state index contributed by atoms with van der Waals surface area (Å²) < 4.78 is 2.02. The molecule has 0 amide bonds. The minimum absolute atomic E-state index is 0.285. The number of benzene rings is 1. The molecule has 1 aliphatic rings. The summed E-state index contributed by atoms with van der Waals surface area (Å²) in [5, 5.41) is 4.56. The second-order valence-electron chi connectivity index (χ2n) is 6.13. The molecule has 1 heterocycles. The number of hydrogen-bond donors (Lipinski definition) is 0. The van der Waals surface area contributed by atoms with Crippen LogP contribution in [0.5, 0.6) is 0 Å². The summed E-state index contributed by atoms with van der Waals surface area (Å²) in [4.78, 5) is 0. The van der Waals surface area contributed by atoms with E-state index in [1.54, 1.807) is 0 Å². The van der Waals surface area contributed by atoms with Crippen LogP contribution in [0.1, 0.15) is 49.9 Å². The Balaban J connectivity index is 2.22. The van der Waals surface area contributed by atoms with Gasteiger partial charge in [0.05, 0.1) is 11.4 Å². The Hall–Kier alpha value is -1.57. The summed E-state index contributed by atoms with van der Waals surface area (Å²) in [6.07, 6.45) is 3.28. The van der Waals surface area contributed by atoms with Gasteiger partial charge in [-0.3, -0.25) is 0 Å². The molecule has 2 aromatic rings. The van der Waals surface area contributed by atoms with Crippen LogP contribution in [0.2, 0.25) is 0 Å². The molecule has 0 spiro atoms. The summed E-state index contributed by atoms with van der Waals surface area (Å²) in [6.45, 7) is 9.04. The molecule has 94 valence electrons. The molecule has 2 nitrogen and oxygen atoms in total. The number of fused-ring (bicyclic) bond motifs is 1. The summed E-state index contributed by atoms with van der Waals surface area (Å²) in [5.41, 5.74) is 5.56. The monoisotopic (exact) mass is 240 g/mol. The van der Waals surface area contributed by atoms with Crippen molar-refractivity contribution in [2.75, 3.05) is 0 Å². The van der Waals surface area contributed by atoms with E-state index in [-0.39, 0.29) is 5.41 Å². The molecule has 18 heavy (non-hydrogen) atoms. The predicted molar refractivity (Wildman–Crippen MR) is 74.4 cm³/mol. The van der Waals surface area contributed by atoms with E-state index in [2.05, 4.69) is 56.3 Å². The maximum atomic E-state index is 4.56. The largest absolute Gasteiger partial charge is 0.240 e. The highest BCUT2D eigenvalue weighted by atomic mass is 15.3. The first-order chi connectivity index (χ1) is 8.49. The zero-order valence-corrected chi connectivity index (χ0v) is 11.6.